The van der Waals surface area contributed by atoms with Gasteiger partial charge in [-0.3, -0.25) is 4.79 Å². The lowest BCUT2D eigenvalue weighted by Crippen LogP contribution is -2.39. The summed E-state index contributed by atoms with van der Waals surface area (Å²) in [5.74, 6) is 1.05. The number of hydrogen-bond acceptors (Lipinski definition) is 6. The highest BCUT2D eigenvalue weighted by molar-refractivity contribution is 9.10. The van der Waals surface area contributed by atoms with Crippen LogP contribution in [0.15, 0.2) is 57.4 Å². The fourth-order valence-corrected chi connectivity index (χ4v) is 3.07. The maximum absolute atomic E-state index is 12.7. The maximum atomic E-state index is 12.7. The smallest absolute Gasteiger partial charge is 0.261 e. The molecule has 0 saturated carbocycles. The molecule has 0 atom stereocenters. The van der Waals surface area contributed by atoms with Crippen molar-refractivity contribution >= 4 is 21.8 Å². The Kier molecular flexibility index (Phi) is 6.62. The normalized spacial score (nSPS) is 10.6. The number of halogens is 1. The van der Waals surface area contributed by atoms with Gasteiger partial charge in [-0.1, -0.05) is 12.1 Å². The van der Waals surface area contributed by atoms with Crippen molar-refractivity contribution in [1.29, 1.82) is 5.26 Å². The monoisotopic (exact) mass is 454 g/mol. The van der Waals surface area contributed by atoms with E-state index in [1.807, 2.05) is 44.2 Å². The number of aromatic nitrogens is 2. The highest BCUT2D eigenvalue weighted by Crippen LogP contribution is 2.27. The van der Waals surface area contributed by atoms with Crippen molar-refractivity contribution in [2.45, 2.75) is 26.4 Å². The van der Waals surface area contributed by atoms with Crippen molar-refractivity contribution in [1.82, 2.24) is 15.1 Å². The first-order chi connectivity index (χ1) is 14.0. The fourth-order valence-electron chi connectivity index (χ4n) is 2.62. The molecular weight excluding hydrogens is 436 g/mol. The molecule has 7 nitrogen and oxygen atoms in total. The fraction of sp³-hybridized carbons (Fsp3) is 0.238. The Hall–Kier alpha value is -3.18. The largest absolute Gasteiger partial charge is 0.484 e. The van der Waals surface area contributed by atoms with E-state index in [4.69, 9.17) is 14.4 Å². The van der Waals surface area contributed by atoms with Crippen molar-refractivity contribution in [3.8, 4) is 23.3 Å². The average molecular weight is 455 g/mol. The topological polar surface area (TPSA) is 92.2 Å². The third-order valence-corrected chi connectivity index (χ3v) is 4.86. The predicted octanol–water partition coefficient (Wildman–Crippen LogP) is 4.19. The molecule has 0 spiro atoms. The zero-order chi connectivity index (χ0) is 20.8. The number of ether oxygens (including phenoxy) is 1. The van der Waals surface area contributed by atoms with Gasteiger partial charge in [0.15, 0.2) is 6.61 Å². The Morgan fingerprint density at radius 3 is 2.59 bits per heavy atom. The van der Waals surface area contributed by atoms with Crippen LogP contribution in [0.4, 0.5) is 0 Å². The molecule has 2 aromatic carbocycles. The van der Waals surface area contributed by atoms with E-state index in [9.17, 15) is 4.79 Å². The number of carbonyl (C=O) groups is 1. The van der Waals surface area contributed by atoms with Crippen LogP contribution in [0, 0.1) is 11.3 Å². The van der Waals surface area contributed by atoms with Crippen molar-refractivity contribution in [3.05, 3.63) is 64.5 Å². The summed E-state index contributed by atoms with van der Waals surface area (Å²) < 4.78 is 12.2. The zero-order valence-corrected chi connectivity index (χ0v) is 17.6. The van der Waals surface area contributed by atoms with E-state index in [2.05, 4.69) is 26.1 Å². The van der Waals surface area contributed by atoms with Gasteiger partial charge in [0.25, 0.3) is 5.91 Å². The number of amides is 1. The second kappa shape index (κ2) is 9.34. The van der Waals surface area contributed by atoms with E-state index >= 15 is 0 Å². The van der Waals surface area contributed by atoms with Crippen molar-refractivity contribution < 1.29 is 13.9 Å². The van der Waals surface area contributed by atoms with Gasteiger partial charge in [0.1, 0.15) is 5.75 Å². The first-order valence-electron chi connectivity index (χ1n) is 8.97. The third-order valence-electron chi connectivity index (χ3n) is 4.17. The van der Waals surface area contributed by atoms with E-state index in [1.54, 1.807) is 29.2 Å². The average Bonchev–Trinajstić information content (AvgIpc) is 3.19. The third kappa shape index (κ3) is 5.21. The van der Waals surface area contributed by atoms with E-state index < -0.39 is 0 Å². The molecule has 1 aromatic heterocycles. The summed E-state index contributed by atoms with van der Waals surface area (Å²) in [5, 5.41) is 17.0. The molecular formula is C21H19BrN4O3. The summed E-state index contributed by atoms with van der Waals surface area (Å²) in [5.41, 5.74) is 1.32. The summed E-state index contributed by atoms with van der Waals surface area (Å²) in [4.78, 5) is 14.3. The van der Waals surface area contributed by atoms with Gasteiger partial charge < -0.3 is 14.1 Å². The molecule has 0 aliphatic heterocycles. The van der Waals surface area contributed by atoms with Crippen LogP contribution in [0.25, 0.3) is 11.5 Å². The van der Waals surface area contributed by atoms with Crippen LogP contribution in [0.3, 0.4) is 0 Å². The van der Waals surface area contributed by atoms with Crippen molar-refractivity contribution in [2.24, 2.45) is 0 Å². The number of nitrogens with zero attached hydrogens (tertiary/aromatic N) is 4. The van der Waals surface area contributed by atoms with Gasteiger partial charge in [-0.25, -0.2) is 0 Å². The Bertz CT molecular complexity index is 1020. The quantitative estimate of drug-likeness (QED) is 0.531. The molecule has 0 radical (unpaired) electrons. The second-order valence-electron chi connectivity index (χ2n) is 6.52. The van der Waals surface area contributed by atoms with Crippen LogP contribution in [-0.4, -0.2) is 33.7 Å². The molecule has 0 fully saturated rings. The van der Waals surface area contributed by atoms with Gasteiger partial charge >= 0.3 is 0 Å². The minimum atomic E-state index is -0.204. The molecule has 0 aliphatic carbocycles. The molecule has 0 bridgehead atoms. The Morgan fingerprint density at radius 2 is 1.93 bits per heavy atom. The van der Waals surface area contributed by atoms with Crippen LogP contribution >= 0.6 is 15.9 Å². The van der Waals surface area contributed by atoms with Gasteiger partial charge in [0, 0.05) is 10.5 Å². The molecule has 1 amide bonds. The van der Waals surface area contributed by atoms with Crippen LogP contribution in [0.1, 0.15) is 25.3 Å². The molecule has 1 heterocycles. The van der Waals surface area contributed by atoms with Crippen LogP contribution in [-0.2, 0) is 11.3 Å². The summed E-state index contributed by atoms with van der Waals surface area (Å²) in [6, 6.07) is 16.1. The number of rotatable bonds is 7. The summed E-state index contributed by atoms with van der Waals surface area (Å²) >= 11 is 3.46. The molecule has 0 aliphatic rings. The van der Waals surface area contributed by atoms with Crippen LogP contribution in [0.5, 0.6) is 5.75 Å². The lowest BCUT2D eigenvalue weighted by atomic mass is 10.2. The molecule has 0 unspecified atom stereocenters. The minimum absolute atomic E-state index is 0.0779. The molecule has 3 rings (SSSR count). The number of benzene rings is 2. The summed E-state index contributed by atoms with van der Waals surface area (Å²) in [6.45, 7) is 3.87. The van der Waals surface area contributed by atoms with Gasteiger partial charge in [-0.2, -0.15) is 5.26 Å². The minimum Gasteiger partial charge on any atom is -0.484 e. The number of hydrogen-bond donors (Lipinski definition) is 0. The van der Waals surface area contributed by atoms with Crippen molar-refractivity contribution in [2.75, 3.05) is 6.61 Å². The van der Waals surface area contributed by atoms with Crippen molar-refractivity contribution in [3.63, 3.8) is 0 Å². The summed E-state index contributed by atoms with van der Waals surface area (Å²) in [7, 11) is 0. The standard InChI is InChI=1S/C21H19BrN4O3/c1-14(2)26(20(27)13-28-16-9-7-15(11-23)8-10-16)12-19-24-25-21(29-19)17-5-3-4-6-18(17)22/h3-10,14H,12-13H2,1-2H3. The molecule has 8 heteroatoms. The first-order valence-corrected chi connectivity index (χ1v) is 9.77. The Labute approximate surface area is 177 Å². The van der Waals surface area contributed by atoms with E-state index in [1.165, 1.54) is 0 Å². The number of carbonyl (C=O) groups excluding carboxylic acids is 1. The highest BCUT2D eigenvalue weighted by atomic mass is 79.9. The SMILES string of the molecule is CC(C)N(Cc1nnc(-c2ccccc2Br)o1)C(=O)COc1ccc(C#N)cc1. The lowest BCUT2D eigenvalue weighted by Gasteiger charge is -2.25. The van der Waals surface area contributed by atoms with Gasteiger partial charge in [0.2, 0.25) is 11.8 Å². The maximum Gasteiger partial charge on any atom is 0.261 e. The first kappa shape index (κ1) is 20.6. The Morgan fingerprint density at radius 1 is 1.21 bits per heavy atom. The summed E-state index contributed by atoms with van der Waals surface area (Å²) in [6.07, 6.45) is 0. The number of nitriles is 1. The van der Waals surface area contributed by atoms with Gasteiger partial charge in [-0.05, 0) is 66.2 Å². The van der Waals surface area contributed by atoms with Crippen LogP contribution < -0.4 is 4.74 Å². The molecule has 0 N–H and O–H groups in total. The van der Waals surface area contributed by atoms with E-state index in [0.717, 1.165) is 10.0 Å². The zero-order valence-electron chi connectivity index (χ0n) is 16.0. The lowest BCUT2D eigenvalue weighted by molar-refractivity contribution is -0.136. The van der Waals surface area contributed by atoms with Gasteiger partial charge in [0.05, 0.1) is 23.7 Å². The second-order valence-corrected chi connectivity index (χ2v) is 7.38. The van der Waals surface area contributed by atoms with Crippen LogP contribution in [0.2, 0.25) is 0 Å². The van der Waals surface area contributed by atoms with E-state index in [0.29, 0.717) is 23.1 Å². The van der Waals surface area contributed by atoms with E-state index in [-0.39, 0.29) is 25.1 Å². The molecule has 148 valence electrons. The molecule has 3 aromatic rings. The predicted molar refractivity (Wildman–Crippen MR) is 110 cm³/mol. The van der Waals surface area contributed by atoms with Gasteiger partial charge in [-0.15, -0.1) is 10.2 Å². The highest BCUT2D eigenvalue weighted by Gasteiger charge is 2.21. The Balaban J connectivity index is 1.66. The molecule has 29 heavy (non-hydrogen) atoms. The molecule has 0 saturated heterocycles.